The number of nitrogens with zero attached hydrogens (tertiary/aromatic N) is 5. The third-order valence-electron chi connectivity index (χ3n) is 4.12. The smallest absolute Gasteiger partial charge is 0.147 e. The molecule has 0 aromatic carbocycles. The molecule has 2 aromatic heterocycles. The molecular formula is C15H23N5S. The van der Waals surface area contributed by atoms with Gasteiger partial charge in [-0.2, -0.15) is 5.10 Å². The summed E-state index contributed by atoms with van der Waals surface area (Å²) in [5.74, 6) is 1.89. The van der Waals surface area contributed by atoms with Crippen LogP contribution in [0.4, 0.5) is 0 Å². The number of thiazole rings is 1. The van der Waals surface area contributed by atoms with Crippen molar-refractivity contribution in [1.29, 1.82) is 0 Å². The number of likely N-dealkylation sites (tertiary alicyclic amines) is 1. The van der Waals surface area contributed by atoms with Crippen molar-refractivity contribution in [3.8, 4) is 0 Å². The van der Waals surface area contributed by atoms with Gasteiger partial charge in [-0.05, 0) is 40.2 Å². The van der Waals surface area contributed by atoms with Crippen molar-refractivity contribution in [2.45, 2.75) is 59.2 Å². The fourth-order valence-electron chi connectivity index (χ4n) is 3.09. The molecule has 3 heterocycles. The summed E-state index contributed by atoms with van der Waals surface area (Å²) in [5.41, 5.74) is 0. The summed E-state index contributed by atoms with van der Waals surface area (Å²) in [6.07, 6.45) is 5.88. The van der Waals surface area contributed by atoms with Crippen LogP contribution in [0.2, 0.25) is 0 Å². The summed E-state index contributed by atoms with van der Waals surface area (Å²) in [6, 6.07) is 0.556. The zero-order valence-corrected chi connectivity index (χ0v) is 13.9. The van der Waals surface area contributed by atoms with Gasteiger partial charge >= 0.3 is 0 Å². The zero-order chi connectivity index (χ0) is 14.8. The van der Waals surface area contributed by atoms with Crippen LogP contribution in [-0.2, 0) is 13.1 Å². The van der Waals surface area contributed by atoms with E-state index in [2.05, 4.69) is 31.6 Å². The molecule has 0 amide bonds. The van der Waals surface area contributed by atoms with E-state index in [1.165, 1.54) is 30.7 Å². The van der Waals surface area contributed by atoms with Gasteiger partial charge < -0.3 is 0 Å². The second-order valence-corrected chi connectivity index (χ2v) is 7.17. The third kappa shape index (κ3) is 3.49. The molecular weight excluding hydrogens is 282 g/mol. The van der Waals surface area contributed by atoms with Crippen molar-refractivity contribution in [2.24, 2.45) is 0 Å². The summed E-state index contributed by atoms with van der Waals surface area (Å²) in [4.78, 5) is 12.7. The number of rotatable bonds is 4. The molecule has 0 aliphatic carbocycles. The molecule has 21 heavy (non-hydrogen) atoms. The summed E-state index contributed by atoms with van der Waals surface area (Å²) in [5, 5.41) is 5.67. The first-order chi connectivity index (χ1) is 10.1. The normalized spacial score (nSPS) is 20.0. The van der Waals surface area contributed by atoms with E-state index in [0.29, 0.717) is 6.04 Å². The first-order valence-corrected chi connectivity index (χ1v) is 8.47. The molecule has 1 fully saturated rings. The van der Waals surface area contributed by atoms with E-state index in [9.17, 15) is 0 Å². The van der Waals surface area contributed by atoms with Crippen molar-refractivity contribution in [2.75, 3.05) is 6.54 Å². The fourth-order valence-corrected chi connectivity index (χ4v) is 3.91. The average molecular weight is 305 g/mol. The van der Waals surface area contributed by atoms with Gasteiger partial charge in [-0.15, -0.1) is 11.3 Å². The quantitative estimate of drug-likeness (QED) is 0.871. The molecule has 1 aliphatic heterocycles. The largest absolute Gasteiger partial charge is 0.293 e. The van der Waals surface area contributed by atoms with Crippen LogP contribution in [0.25, 0.3) is 0 Å². The Morgan fingerprint density at radius 2 is 2.14 bits per heavy atom. The molecule has 0 unspecified atom stereocenters. The van der Waals surface area contributed by atoms with Crippen LogP contribution in [-0.4, -0.2) is 37.2 Å². The minimum atomic E-state index is 0.556. The highest BCUT2D eigenvalue weighted by molar-refractivity contribution is 7.11. The molecule has 114 valence electrons. The van der Waals surface area contributed by atoms with Gasteiger partial charge in [-0.3, -0.25) is 4.90 Å². The van der Waals surface area contributed by atoms with Crippen LogP contribution >= 0.6 is 11.3 Å². The topological polar surface area (TPSA) is 46.8 Å². The second kappa shape index (κ2) is 6.23. The molecule has 2 aromatic rings. The van der Waals surface area contributed by atoms with E-state index in [-0.39, 0.29) is 0 Å². The Kier molecular flexibility index (Phi) is 4.35. The lowest BCUT2D eigenvalue weighted by Crippen LogP contribution is -2.41. The summed E-state index contributed by atoms with van der Waals surface area (Å²) >= 11 is 1.81. The lowest BCUT2D eigenvalue weighted by atomic mass is 10.0. The maximum atomic E-state index is 4.52. The van der Waals surface area contributed by atoms with Crippen molar-refractivity contribution < 1.29 is 0 Å². The average Bonchev–Trinajstić information content (AvgIpc) is 2.98. The molecule has 1 saturated heterocycles. The predicted molar refractivity (Wildman–Crippen MR) is 84.4 cm³/mol. The van der Waals surface area contributed by atoms with E-state index in [4.69, 9.17) is 0 Å². The molecule has 1 aliphatic rings. The van der Waals surface area contributed by atoms with Crippen molar-refractivity contribution >= 4 is 11.3 Å². The number of hydrogen-bond donors (Lipinski definition) is 0. The molecule has 0 N–H and O–H groups in total. The van der Waals surface area contributed by atoms with Gasteiger partial charge in [0.15, 0.2) is 0 Å². The van der Waals surface area contributed by atoms with Crippen LogP contribution in [0.1, 0.15) is 40.8 Å². The number of aryl methyl sites for hydroxylation is 3. The van der Waals surface area contributed by atoms with Crippen molar-refractivity contribution in [1.82, 2.24) is 24.6 Å². The maximum absolute atomic E-state index is 4.52. The lowest BCUT2D eigenvalue weighted by molar-refractivity contribution is 0.122. The molecule has 0 spiro atoms. The Morgan fingerprint density at radius 1 is 1.29 bits per heavy atom. The minimum absolute atomic E-state index is 0.556. The van der Waals surface area contributed by atoms with E-state index in [1.807, 2.05) is 31.4 Å². The van der Waals surface area contributed by atoms with E-state index in [1.54, 1.807) is 0 Å². The zero-order valence-electron chi connectivity index (χ0n) is 13.0. The molecule has 1 atom stereocenters. The van der Waals surface area contributed by atoms with Crippen LogP contribution in [0, 0.1) is 20.8 Å². The Labute approximate surface area is 130 Å². The molecule has 0 saturated carbocycles. The molecule has 5 nitrogen and oxygen atoms in total. The number of aromatic nitrogens is 4. The number of piperidine rings is 1. The lowest BCUT2D eigenvalue weighted by Gasteiger charge is -2.35. The van der Waals surface area contributed by atoms with Gasteiger partial charge in [-0.1, -0.05) is 6.42 Å². The highest BCUT2D eigenvalue weighted by Crippen LogP contribution is 2.23. The fraction of sp³-hybridized carbons (Fsp3) is 0.667. The third-order valence-corrected chi connectivity index (χ3v) is 5.02. The Morgan fingerprint density at radius 3 is 2.81 bits per heavy atom. The van der Waals surface area contributed by atoms with Crippen molar-refractivity contribution in [3.63, 3.8) is 0 Å². The van der Waals surface area contributed by atoms with Crippen LogP contribution < -0.4 is 0 Å². The Bertz CT molecular complexity index is 603. The van der Waals surface area contributed by atoms with Gasteiger partial charge in [0, 0.05) is 23.7 Å². The highest BCUT2D eigenvalue weighted by atomic mass is 32.1. The Hall–Kier alpha value is -1.27. The summed E-state index contributed by atoms with van der Waals surface area (Å²) in [6.45, 7) is 9.22. The van der Waals surface area contributed by atoms with Crippen LogP contribution in [0.3, 0.4) is 0 Å². The summed E-state index contributed by atoms with van der Waals surface area (Å²) < 4.78 is 2.07. The van der Waals surface area contributed by atoms with Gasteiger partial charge in [0.05, 0.1) is 11.6 Å². The van der Waals surface area contributed by atoms with Gasteiger partial charge in [0.25, 0.3) is 0 Å². The van der Waals surface area contributed by atoms with Crippen LogP contribution in [0.5, 0.6) is 0 Å². The first kappa shape index (κ1) is 14.7. The predicted octanol–water partition coefficient (Wildman–Crippen LogP) is 2.71. The second-order valence-electron chi connectivity index (χ2n) is 5.85. The van der Waals surface area contributed by atoms with Gasteiger partial charge in [0.1, 0.15) is 11.6 Å². The van der Waals surface area contributed by atoms with Gasteiger partial charge in [0.2, 0.25) is 0 Å². The molecule has 0 radical (unpaired) electrons. The minimum Gasteiger partial charge on any atom is -0.293 e. The van der Waals surface area contributed by atoms with E-state index < -0.39 is 0 Å². The van der Waals surface area contributed by atoms with Gasteiger partial charge in [-0.25, -0.2) is 14.6 Å². The maximum Gasteiger partial charge on any atom is 0.147 e. The van der Waals surface area contributed by atoms with E-state index >= 15 is 0 Å². The first-order valence-electron chi connectivity index (χ1n) is 7.65. The van der Waals surface area contributed by atoms with E-state index in [0.717, 1.165) is 29.7 Å². The molecule has 3 rings (SSSR count). The standard InChI is InChI=1S/C15H23N5S/c1-11-17-12(2)20(18-11)9-14-6-4-5-7-19(14)10-15-8-16-13(3)21-15/h8,14H,4-7,9-10H2,1-3H3/t14-/m0/s1. The Balaban J connectivity index is 1.70. The van der Waals surface area contributed by atoms with Crippen LogP contribution in [0.15, 0.2) is 6.20 Å². The van der Waals surface area contributed by atoms with Crippen molar-refractivity contribution in [3.05, 3.63) is 27.7 Å². The molecule has 6 heteroatoms. The molecule has 0 bridgehead atoms. The highest BCUT2D eigenvalue weighted by Gasteiger charge is 2.24. The monoisotopic (exact) mass is 305 g/mol. The number of hydrogen-bond acceptors (Lipinski definition) is 5. The SMILES string of the molecule is Cc1nc(C)n(C[C@@H]2CCCCN2Cc2cnc(C)s2)n1. The summed E-state index contributed by atoms with van der Waals surface area (Å²) in [7, 11) is 0.